The Hall–Kier alpha value is -2.11. The van der Waals surface area contributed by atoms with Gasteiger partial charge in [-0.25, -0.2) is 4.98 Å². The molecule has 0 spiro atoms. The molecule has 0 unspecified atom stereocenters. The molecule has 0 aliphatic carbocycles. The van der Waals surface area contributed by atoms with Gasteiger partial charge < -0.3 is 15.0 Å². The number of benzene rings is 2. The molecule has 0 fully saturated rings. The molecule has 120 valence electrons. The van der Waals surface area contributed by atoms with Crippen LogP contribution in [0.15, 0.2) is 42.5 Å². The van der Waals surface area contributed by atoms with E-state index in [0.717, 1.165) is 40.6 Å². The number of hydrogen-bond donors (Lipinski definition) is 1. The molecule has 2 aromatic carbocycles. The maximum atomic E-state index is 5.44. The Labute approximate surface area is 140 Å². The van der Waals surface area contributed by atoms with Crippen LogP contribution in [0.5, 0.6) is 5.75 Å². The first-order valence-electron chi connectivity index (χ1n) is 7.60. The molecule has 3 rings (SSSR count). The van der Waals surface area contributed by atoms with E-state index in [4.69, 9.17) is 9.72 Å². The second-order valence-electron chi connectivity index (χ2n) is 5.63. The number of nitrogens with one attached hydrogen (secondary N) is 1. The van der Waals surface area contributed by atoms with Crippen molar-refractivity contribution < 1.29 is 4.74 Å². The monoisotopic (exact) mass is 327 g/mol. The van der Waals surface area contributed by atoms with Crippen molar-refractivity contribution in [1.29, 1.82) is 0 Å². The van der Waals surface area contributed by atoms with Crippen LogP contribution < -0.4 is 10.1 Å². The van der Waals surface area contributed by atoms with Gasteiger partial charge in [-0.05, 0) is 44.4 Å². The summed E-state index contributed by atoms with van der Waals surface area (Å²) in [5.41, 5.74) is 3.20. The highest BCUT2D eigenvalue weighted by Crippen LogP contribution is 2.36. The van der Waals surface area contributed by atoms with Gasteiger partial charge in [0, 0.05) is 18.8 Å². The fraction of sp³-hybridized carbons (Fsp3) is 0.278. The molecular formula is C18H21N3OS. The smallest absolute Gasteiger partial charge is 0.129 e. The molecule has 0 atom stereocenters. The summed E-state index contributed by atoms with van der Waals surface area (Å²) in [6.45, 7) is 1.93. The SMILES string of the molecule is COc1ccccc1-c1nc2ccc(NCCN(C)C)cc2s1. The second-order valence-corrected chi connectivity index (χ2v) is 6.66. The van der Waals surface area contributed by atoms with E-state index in [0.29, 0.717) is 0 Å². The van der Waals surface area contributed by atoms with Crippen molar-refractivity contribution in [3.8, 4) is 16.3 Å². The number of rotatable bonds is 6. The molecule has 0 saturated carbocycles. The van der Waals surface area contributed by atoms with E-state index in [1.807, 2.05) is 24.3 Å². The van der Waals surface area contributed by atoms with Crippen LogP contribution in [0.1, 0.15) is 0 Å². The highest BCUT2D eigenvalue weighted by atomic mass is 32.1. The van der Waals surface area contributed by atoms with Gasteiger partial charge in [-0.3, -0.25) is 0 Å². The number of aromatic nitrogens is 1. The quantitative estimate of drug-likeness (QED) is 0.744. The zero-order valence-corrected chi connectivity index (χ0v) is 14.5. The number of hydrogen-bond acceptors (Lipinski definition) is 5. The van der Waals surface area contributed by atoms with Crippen LogP contribution in [0.3, 0.4) is 0 Å². The average Bonchev–Trinajstić information content (AvgIpc) is 2.97. The van der Waals surface area contributed by atoms with Gasteiger partial charge in [0.1, 0.15) is 10.8 Å². The number of anilines is 1. The summed E-state index contributed by atoms with van der Waals surface area (Å²) < 4.78 is 6.63. The number of fused-ring (bicyclic) bond motifs is 1. The molecule has 0 aliphatic rings. The first-order valence-corrected chi connectivity index (χ1v) is 8.41. The van der Waals surface area contributed by atoms with Crippen molar-refractivity contribution in [2.24, 2.45) is 0 Å². The highest BCUT2D eigenvalue weighted by molar-refractivity contribution is 7.21. The van der Waals surface area contributed by atoms with Gasteiger partial charge in [0.25, 0.3) is 0 Å². The van der Waals surface area contributed by atoms with Crippen molar-refractivity contribution in [1.82, 2.24) is 9.88 Å². The van der Waals surface area contributed by atoms with Crippen molar-refractivity contribution in [2.45, 2.75) is 0 Å². The predicted octanol–water partition coefficient (Wildman–Crippen LogP) is 3.95. The van der Waals surface area contributed by atoms with E-state index in [2.05, 4.69) is 42.5 Å². The molecule has 0 amide bonds. The van der Waals surface area contributed by atoms with Crippen LogP contribution in [0.2, 0.25) is 0 Å². The maximum Gasteiger partial charge on any atom is 0.129 e. The summed E-state index contributed by atoms with van der Waals surface area (Å²) in [7, 11) is 5.85. The molecule has 0 saturated heterocycles. The van der Waals surface area contributed by atoms with Crippen molar-refractivity contribution in [2.75, 3.05) is 39.6 Å². The lowest BCUT2D eigenvalue weighted by atomic mass is 10.2. The normalized spacial score (nSPS) is 11.1. The van der Waals surface area contributed by atoms with Gasteiger partial charge in [0.05, 0.1) is 22.9 Å². The van der Waals surface area contributed by atoms with Crippen LogP contribution in [0.25, 0.3) is 20.8 Å². The van der Waals surface area contributed by atoms with Crippen LogP contribution in [-0.4, -0.2) is 44.2 Å². The lowest BCUT2D eigenvalue weighted by Gasteiger charge is -2.11. The van der Waals surface area contributed by atoms with E-state index in [9.17, 15) is 0 Å². The molecule has 0 bridgehead atoms. The number of methoxy groups -OCH3 is 1. The Morgan fingerprint density at radius 1 is 1.17 bits per heavy atom. The first-order chi connectivity index (χ1) is 11.2. The maximum absolute atomic E-state index is 5.44. The Balaban J connectivity index is 1.87. The fourth-order valence-electron chi connectivity index (χ4n) is 2.39. The number of nitrogens with zero attached hydrogens (tertiary/aromatic N) is 2. The molecule has 1 N–H and O–H groups in total. The molecule has 23 heavy (non-hydrogen) atoms. The van der Waals surface area contributed by atoms with Crippen LogP contribution in [-0.2, 0) is 0 Å². The van der Waals surface area contributed by atoms with E-state index >= 15 is 0 Å². The molecule has 0 radical (unpaired) electrons. The van der Waals surface area contributed by atoms with Gasteiger partial charge >= 0.3 is 0 Å². The summed E-state index contributed by atoms with van der Waals surface area (Å²) in [4.78, 5) is 6.91. The van der Waals surface area contributed by atoms with Gasteiger partial charge in [0.15, 0.2) is 0 Å². The fourth-order valence-corrected chi connectivity index (χ4v) is 3.43. The van der Waals surface area contributed by atoms with E-state index in [-0.39, 0.29) is 0 Å². The standard InChI is InChI=1S/C18H21N3OS/c1-21(2)11-10-19-13-8-9-15-17(12-13)23-18(20-15)14-6-4-5-7-16(14)22-3/h4-9,12,19H,10-11H2,1-3H3. The van der Waals surface area contributed by atoms with E-state index in [1.165, 1.54) is 4.70 Å². The largest absolute Gasteiger partial charge is 0.496 e. The molecule has 1 heterocycles. The Morgan fingerprint density at radius 3 is 2.78 bits per heavy atom. The van der Waals surface area contributed by atoms with Gasteiger partial charge in [-0.15, -0.1) is 11.3 Å². The van der Waals surface area contributed by atoms with Crippen molar-refractivity contribution >= 4 is 27.2 Å². The zero-order chi connectivity index (χ0) is 16.2. The molecule has 0 aliphatic heterocycles. The van der Waals surface area contributed by atoms with Crippen LogP contribution >= 0.6 is 11.3 Å². The van der Waals surface area contributed by atoms with Gasteiger partial charge in [-0.2, -0.15) is 0 Å². The zero-order valence-electron chi connectivity index (χ0n) is 13.7. The van der Waals surface area contributed by atoms with E-state index in [1.54, 1.807) is 18.4 Å². The third-order valence-electron chi connectivity index (χ3n) is 3.61. The minimum Gasteiger partial charge on any atom is -0.496 e. The molecular weight excluding hydrogens is 306 g/mol. The average molecular weight is 327 g/mol. The number of thiazole rings is 1. The molecule has 5 heteroatoms. The lowest BCUT2D eigenvalue weighted by Crippen LogP contribution is -2.20. The van der Waals surface area contributed by atoms with Gasteiger partial charge in [-0.1, -0.05) is 12.1 Å². The highest BCUT2D eigenvalue weighted by Gasteiger charge is 2.11. The lowest BCUT2D eigenvalue weighted by molar-refractivity contribution is 0.416. The minimum atomic E-state index is 0.857. The van der Waals surface area contributed by atoms with Gasteiger partial charge in [0.2, 0.25) is 0 Å². The number of para-hydroxylation sites is 1. The number of likely N-dealkylation sites (N-methyl/N-ethyl adjacent to an activating group) is 1. The van der Waals surface area contributed by atoms with Crippen molar-refractivity contribution in [3.63, 3.8) is 0 Å². The first kappa shape index (κ1) is 15.8. The third-order valence-corrected chi connectivity index (χ3v) is 4.67. The predicted molar refractivity (Wildman–Crippen MR) is 98.7 cm³/mol. The van der Waals surface area contributed by atoms with Crippen molar-refractivity contribution in [3.05, 3.63) is 42.5 Å². The second kappa shape index (κ2) is 6.98. The topological polar surface area (TPSA) is 37.4 Å². The molecule has 3 aromatic rings. The third kappa shape index (κ3) is 3.63. The Morgan fingerprint density at radius 2 is 2.00 bits per heavy atom. The summed E-state index contributed by atoms with van der Waals surface area (Å²) in [5, 5.41) is 4.44. The summed E-state index contributed by atoms with van der Waals surface area (Å²) in [6.07, 6.45) is 0. The minimum absolute atomic E-state index is 0.857. The van der Waals surface area contributed by atoms with Crippen LogP contribution in [0, 0.1) is 0 Å². The van der Waals surface area contributed by atoms with E-state index < -0.39 is 0 Å². The molecule has 4 nitrogen and oxygen atoms in total. The Bertz CT molecular complexity index is 798. The van der Waals surface area contributed by atoms with Crippen LogP contribution in [0.4, 0.5) is 5.69 Å². The summed E-state index contributed by atoms with van der Waals surface area (Å²) in [5.74, 6) is 0.857. The summed E-state index contributed by atoms with van der Waals surface area (Å²) in [6, 6.07) is 14.3. The summed E-state index contributed by atoms with van der Waals surface area (Å²) >= 11 is 1.69. The number of ether oxygens (including phenoxy) is 1. The molecule has 1 aromatic heterocycles. The Kier molecular flexibility index (Phi) is 4.79.